The van der Waals surface area contributed by atoms with Crippen molar-refractivity contribution in [2.45, 2.75) is 33.1 Å². The molecular formula is C30H34FN5O7S. The van der Waals surface area contributed by atoms with Crippen LogP contribution in [-0.4, -0.2) is 80.7 Å². The molecule has 2 heterocycles. The highest BCUT2D eigenvalue weighted by Crippen LogP contribution is 2.34. The van der Waals surface area contributed by atoms with Crippen LogP contribution in [0.4, 0.5) is 10.1 Å². The lowest BCUT2D eigenvalue weighted by Crippen LogP contribution is -2.39. The van der Waals surface area contributed by atoms with Gasteiger partial charge in [-0.05, 0) is 50.1 Å². The Hall–Kier alpha value is -4.50. The van der Waals surface area contributed by atoms with Gasteiger partial charge in [0.15, 0.2) is 0 Å². The SMILES string of the molecule is C#CCCCC(=O)N(CC#N)S(=O)(=O)CCOCCOCCNC(=O)c1c(C)[nH]c(/C=C2\C(=O)Nc3ccc(F)cc32)c1C. The largest absolute Gasteiger partial charge is 0.378 e. The van der Waals surface area contributed by atoms with Gasteiger partial charge in [-0.1, -0.05) is 0 Å². The third-order valence-corrected chi connectivity index (χ3v) is 8.37. The van der Waals surface area contributed by atoms with E-state index in [2.05, 4.69) is 21.5 Å². The first kappa shape index (κ1) is 34.0. The van der Waals surface area contributed by atoms with E-state index >= 15 is 0 Å². The van der Waals surface area contributed by atoms with E-state index in [0.717, 1.165) is 0 Å². The molecule has 3 rings (SSSR count). The van der Waals surface area contributed by atoms with Crippen LogP contribution in [0.1, 0.15) is 52.1 Å². The number of fused-ring (bicyclic) bond motifs is 1. The van der Waals surface area contributed by atoms with Crippen LogP contribution < -0.4 is 10.6 Å². The van der Waals surface area contributed by atoms with Crippen LogP contribution in [0, 0.1) is 43.3 Å². The molecule has 0 unspecified atom stereocenters. The van der Waals surface area contributed by atoms with Gasteiger partial charge in [-0.25, -0.2) is 17.1 Å². The van der Waals surface area contributed by atoms with Gasteiger partial charge in [0.1, 0.15) is 12.4 Å². The van der Waals surface area contributed by atoms with Crippen molar-refractivity contribution in [2.75, 3.05) is 50.6 Å². The molecule has 12 nitrogen and oxygen atoms in total. The van der Waals surface area contributed by atoms with Crippen LogP contribution in [0.5, 0.6) is 0 Å². The number of amides is 3. The predicted octanol–water partition coefficient (Wildman–Crippen LogP) is 2.51. The number of halogens is 1. The van der Waals surface area contributed by atoms with E-state index in [4.69, 9.17) is 21.2 Å². The van der Waals surface area contributed by atoms with E-state index in [1.54, 1.807) is 26.0 Å². The number of ether oxygens (including phenoxy) is 2. The monoisotopic (exact) mass is 627 g/mol. The number of terminal acetylenes is 1. The van der Waals surface area contributed by atoms with Gasteiger partial charge in [0.2, 0.25) is 15.9 Å². The van der Waals surface area contributed by atoms with Crippen LogP contribution in [0.15, 0.2) is 18.2 Å². The number of sulfonamides is 1. The summed E-state index contributed by atoms with van der Waals surface area (Å²) in [5.74, 6) is 0.0322. The van der Waals surface area contributed by atoms with Crippen molar-refractivity contribution >= 4 is 45.1 Å². The minimum atomic E-state index is -4.03. The second-order valence-corrected chi connectivity index (χ2v) is 11.8. The van der Waals surface area contributed by atoms with E-state index in [9.17, 15) is 27.2 Å². The summed E-state index contributed by atoms with van der Waals surface area (Å²) < 4.78 is 50.0. The van der Waals surface area contributed by atoms with E-state index in [1.807, 2.05) is 0 Å². The Morgan fingerprint density at radius 3 is 2.61 bits per heavy atom. The number of nitrogens with one attached hydrogen (secondary N) is 3. The standard InChI is InChI=1S/C30H34FN5O7S/c1-4-5-6-7-27(37)36(12-10-32)44(40,41)17-16-43-15-14-42-13-11-33-30(39)28-20(2)26(34-21(28)3)19-24-23-18-22(31)8-9-25(23)35-29(24)38/h1,8-9,18-19,34H,5-7,11-17H2,2-3H3,(H,33,39)(H,35,38)/b24-19-. The van der Waals surface area contributed by atoms with Gasteiger partial charge in [-0.2, -0.15) is 5.26 Å². The molecule has 1 aliphatic rings. The number of rotatable bonds is 16. The fourth-order valence-corrected chi connectivity index (χ4v) is 5.71. The van der Waals surface area contributed by atoms with Crippen molar-refractivity contribution in [3.05, 3.63) is 52.1 Å². The lowest BCUT2D eigenvalue weighted by molar-refractivity contribution is -0.126. The molecule has 1 aromatic carbocycles. The number of aromatic nitrogens is 1. The Balaban J connectivity index is 1.41. The zero-order valence-electron chi connectivity index (χ0n) is 24.5. The number of carbonyl (C=O) groups is 3. The number of aryl methyl sites for hydroxylation is 1. The van der Waals surface area contributed by atoms with Crippen LogP contribution >= 0.6 is 0 Å². The highest BCUT2D eigenvalue weighted by molar-refractivity contribution is 7.89. The quantitative estimate of drug-likeness (QED) is 0.110. The normalized spacial score (nSPS) is 13.2. The maximum absolute atomic E-state index is 13.8. The minimum absolute atomic E-state index is 0.0746. The molecule has 3 amide bonds. The number of carbonyl (C=O) groups excluding carboxylic acids is 3. The molecule has 0 saturated heterocycles. The molecule has 234 valence electrons. The number of benzene rings is 1. The Morgan fingerprint density at radius 2 is 1.91 bits per heavy atom. The lowest BCUT2D eigenvalue weighted by atomic mass is 10.0. The first-order chi connectivity index (χ1) is 21.0. The van der Waals surface area contributed by atoms with Gasteiger partial charge in [0, 0.05) is 42.0 Å². The molecule has 14 heteroatoms. The van der Waals surface area contributed by atoms with Crippen LogP contribution in [-0.2, 0) is 29.1 Å². The summed E-state index contributed by atoms with van der Waals surface area (Å²) in [6, 6.07) is 5.73. The summed E-state index contributed by atoms with van der Waals surface area (Å²) in [5.41, 5.74) is 3.42. The molecule has 0 bridgehead atoms. The number of hydrogen-bond donors (Lipinski definition) is 3. The molecular weight excluding hydrogens is 593 g/mol. The smallest absolute Gasteiger partial charge is 0.256 e. The number of nitrogens with zero attached hydrogens (tertiary/aromatic N) is 2. The summed E-state index contributed by atoms with van der Waals surface area (Å²) in [6.45, 7) is 3.25. The van der Waals surface area contributed by atoms with Crippen molar-refractivity contribution in [2.24, 2.45) is 0 Å². The number of aromatic amines is 1. The summed E-state index contributed by atoms with van der Waals surface area (Å²) in [5, 5.41) is 14.4. The second kappa shape index (κ2) is 15.8. The first-order valence-corrected chi connectivity index (χ1v) is 15.4. The number of nitriles is 1. The zero-order valence-corrected chi connectivity index (χ0v) is 25.3. The molecule has 0 spiro atoms. The summed E-state index contributed by atoms with van der Waals surface area (Å²) in [7, 11) is -4.03. The second-order valence-electron chi connectivity index (χ2n) is 9.78. The van der Waals surface area contributed by atoms with Gasteiger partial charge in [-0.15, -0.1) is 12.3 Å². The highest BCUT2D eigenvalue weighted by atomic mass is 32.2. The van der Waals surface area contributed by atoms with Crippen LogP contribution in [0.25, 0.3) is 11.6 Å². The Labute approximate surface area is 255 Å². The Bertz CT molecular complexity index is 1620. The topological polar surface area (TPSA) is 171 Å². The van der Waals surface area contributed by atoms with Gasteiger partial charge >= 0.3 is 0 Å². The van der Waals surface area contributed by atoms with Crippen LogP contribution in [0.3, 0.4) is 0 Å². The average Bonchev–Trinajstić information content (AvgIpc) is 3.43. The molecule has 3 N–H and O–H groups in total. The molecule has 0 saturated carbocycles. The van der Waals surface area contributed by atoms with Gasteiger partial charge in [0.25, 0.3) is 11.8 Å². The van der Waals surface area contributed by atoms with Crippen molar-refractivity contribution in [1.29, 1.82) is 5.26 Å². The maximum Gasteiger partial charge on any atom is 0.256 e. The first-order valence-electron chi connectivity index (χ1n) is 13.8. The molecule has 0 atom stereocenters. The predicted molar refractivity (Wildman–Crippen MR) is 161 cm³/mol. The Kier molecular flexibility index (Phi) is 12.2. The molecule has 1 aliphatic heterocycles. The maximum atomic E-state index is 13.8. The van der Waals surface area contributed by atoms with Crippen LogP contribution in [0.2, 0.25) is 0 Å². The van der Waals surface area contributed by atoms with Gasteiger partial charge in [0.05, 0.1) is 49.4 Å². The van der Waals surface area contributed by atoms with E-state index in [1.165, 1.54) is 18.2 Å². The van der Waals surface area contributed by atoms with Gasteiger partial charge in [-0.3, -0.25) is 14.4 Å². The molecule has 2 aromatic rings. The van der Waals surface area contributed by atoms with Crippen molar-refractivity contribution in [1.82, 2.24) is 14.6 Å². The average molecular weight is 628 g/mol. The van der Waals surface area contributed by atoms with Crippen molar-refractivity contribution in [3.8, 4) is 18.4 Å². The molecule has 0 aliphatic carbocycles. The van der Waals surface area contributed by atoms with Gasteiger partial charge < -0.3 is 25.1 Å². The molecule has 44 heavy (non-hydrogen) atoms. The third-order valence-electron chi connectivity index (χ3n) is 6.69. The zero-order chi connectivity index (χ0) is 32.3. The third kappa shape index (κ3) is 8.76. The number of hydrogen-bond acceptors (Lipinski definition) is 8. The summed E-state index contributed by atoms with van der Waals surface area (Å²) >= 11 is 0. The van der Waals surface area contributed by atoms with E-state index in [-0.39, 0.29) is 56.8 Å². The number of anilines is 1. The molecule has 1 aromatic heterocycles. The fraction of sp³-hybridized carbons (Fsp3) is 0.400. The van der Waals surface area contributed by atoms with Crippen molar-refractivity contribution < 1.29 is 36.7 Å². The number of unbranched alkanes of at least 4 members (excludes halogenated alkanes) is 1. The van der Waals surface area contributed by atoms with Crippen molar-refractivity contribution in [3.63, 3.8) is 0 Å². The summed E-state index contributed by atoms with van der Waals surface area (Å²) in [4.78, 5) is 40.6. The Morgan fingerprint density at radius 1 is 1.18 bits per heavy atom. The minimum Gasteiger partial charge on any atom is -0.378 e. The highest BCUT2D eigenvalue weighted by Gasteiger charge is 2.27. The molecule has 0 radical (unpaired) electrons. The summed E-state index contributed by atoms with van der Waals surface area (Å²) in [6.07, 6.45) is 7.31. The molecule has 0 fully saturated rings. The van der Waals surface area contributed by atoms with E-state index in [0.29, 0.717) is 50.9 Å². The van der Waals surface area contributed by atoms with E-state index < -0.39 is 34.0 Å². The lowest BCUT2D eigenvalue weighted by Gasteiger charge is -2.19. The number of H-pyrrole nitrogens is 1. The fourth-order valence-electron chi connectivity index (χ4n) is 4.50.